The van der Waals surface area contributed by atoms with Gasteiger partial charge in [0.25, 0.3) is 0 Å². The second kappa shape index (κ2) is 2.84. The van der Waals surface area contributed by atoms with Crippen LogP contribution in [0.15, 0.2) is 47.5 Å². The van der Waals surface area contributed by atoms with Crippen LogP contribution in [0.5, 0.6) is 0 Å². The summed E-state index contributed by atoms with van der Waals surface area (Å²) in [6, 6.07) is 10.4. The monoisotopic (exact) mass is 171 g/mol. The topological polar surface area (TPSA) is 12.4 Å². The fraction of sp³-hybridized carbons (Fsp3) is 0.250. The van der Waals surface area contributed by atoms with Crippen molar-refractivity contribution in [3.63, 3.8) is 0 Å². The largest absolute Gasteiger partial charge is 0.275 e. The Morgan fingerprint density at radius 1 is 1.15 bits per heavy atom. The molecule has 0 radical (unpaired) electrons. The lowest BCUT2D eigenvalue weighted by atomic mass is 9.94. The van der Waals surface area contributed by atoms with Gasteiger partial charge in [-0.2, -0.15) is 0 Å². The van der Waals surface area contributed by atoms with E-state index >= 15 is 0 Å². The molecule has 1 atom stereocenters. The predicted octanol–water partition coefficient (Wildman–Crippen LogP) is 2.93. The minimum atomic E-state index is -0.134. The number of hydrogen-bond donors (Lipinski definition) is 0. The van der Waals surface area contributed by atoms with Gasteiger partial charge in [0.05, 0.1) is 0 Å². The molecule has 1 unspecified atom stereocenters. The molecule has 0 aromatic heterocycles. The van der Waals surface area contributed by atoms with Gasteiger partial charge >= 0.3 is 0 Å². The maximum atomic E-state index is 4.60. The molecule has 1 aromatic rings. The molecule has 66 valence electrons. The van der Waals surface area contributed by atoms with Gasteiger partial charge in [-0.1, -0.05) is 36.4 Å². The Bertz CT molecular complexity index is 362. The van der Waals surface area contributed by atoms with Crippen molar-refractivity contribution in [3.8, 4) is 0 Å². The van der Waals surface area contributed by atoms with Crippen LogP contribution in [-0.2, 0) is 5.54 Å². The van der Waals surface area contributed by atoms with Gasteiger partial charge in [-0.25, -0.2) is 0 Å². The summed E-state index contributed by atoms with van der Waals surface area (Å²) in [5.74, 6) is 0. The minimum Gasteiger partial charge on any atom is -0.275 e. The average Bonchev–Trinajstić information content (AvgIpc) is 2.49. The zero-order chi connectivity index (χ0) is 9.31. The minimum absolute atomic E-state index is 0.134. The first-order valence-electron chi connectivity index (χ1n) is 4.52. The quantitative estimate of drug-likeness (QED) is 0.616. The van der Waals surface area contributed by atoms with Crippen molar-refractivity contribution in [2.24, 2.45) is 4.99 Å². The van der Waals surface area contributed by atoms with Crippen LogP contribution >= 0.6 is 0 Å². The molecule has 1 heteroatoms. The van der Waals surface area contributed by atoms with Crippen molar-refractivity contribution in [2.75, 3.05) is 0 Å². The summed E-state index contributed by atoms with van der Waals surface area (Å²) in [5.41, 5.74) is 2.22. The Morgan fingerprint density at radius 3 is 2.38 bits per heavy atom. The highest BCUT2D eigenvalue weighted by molar-refractivity contribution is 5.95. The second-order valence-electron chi connectivity index (χ2n) is 3.60. The second-order valence-corrected chi connectivity index (χ2v) is 3.60. The molecule has 1 aliphatic heterocycles. The fourth-order valence-electron chi connectivity index (χ4n) is 1.66. The highest BCUT2D eigenvalue weighted by atomic mass is 14.9. The molecule has 0 saturated heterocycles. The van der Waals surface area contributed by atoms with Crippen LogP contribution in [-0.4, -0.2) is 5.71 Å². The first-order chi connectivity index (χ1) is 6.21. The van der Waals surface area contributed by atoms with E-state index in [4.69, 9.17) is 0 Å². The molecule has 0 N–H and O–H groups in total. The van der Waals surface area contributed by atoms with Crippen molar-refractivity contribution < 1.29 is 0 Å². The van der Waals surface area contributed by atoms with Gasteiger partial charge in [-0.15, -0.1) is 0 Å². The Balaban J connectivity index is 2.43. The van der Waals surface area contributed by atoms with E-state index in [1.54, 1.807) is 0 Å². The summed E-state index contributed by atoms with van der Waals surface area (Å²) in [5, 5.41) is 0. The molecule has 0 amide bonds. The summed E-state index contributed by atoms with van der Waals surface area (Å²) >= 11 is 0. The molecule has 2 rings (SSSR count). The van der Waals surface area contributed by atoms with Crippen LogP contribution in [0, 0.1) is 0 Å². The number of nitrogens with zero attached hydrogens (tertiary/aromatic N) is 1. The van der Waals surface area contributed by atoms with Gasteiger partial charge in [0.1, 0.15) is 5.54 Å². The summed E-state index contributed by atoms with van der Waals surface area (Å²) < 4.78 is 0. The molecule has 13 heavy (non-hydrogen) atoms. The van der Waals surface area contributed by atoms with Crippen molar-refractivity contribution in [1.29, 1.82) is 0 Å². The van der Waals surface area contributed by atoms with Gasteiger partial charge in [0.2, 0.25) is 0 Å². The molecule has 0 spiro atoms. The van der Waals surface area contributed by atoms with E-state index in [1.807, 2.05) is 13.0 Å². The third-order valence-electron chi connectivity index (χ3n) is 2.42. The lowest BCUT2D eigenvalue weighted by molar-refractivity contribution is 0.645. The molecule has 1 heterocycles. The van der Waals surface area contributed by atoms with E-state index in [0.29, 0.717) is 0 Å². The lowest BCUT2D eigenvalue weighted by Gasteiger charge is -2.18. The Kier molecular flexibility index (Phi) is 1.80. The maximum absolute atomic E-state index is 4.60. The van der Waals surface area contributed by atoms with Crippen molar-refractivity contribution in [1.82, 2.24) is 0 Å². The molecular formula is C12H13N. The van der Waals surface area contributed by atoms with Crippen molar-refractivity contribution >= 4 is 5.71 Å². The molecule has 0 bridgehead atoms. The van der Waals surface area contributed by atoms with E-state index in [0.717, 1.165) is 5.71 Å². The SMILES string of the molecule is CC1=NC(C)(c2ccccc2)C=C1. The third kappa shape index (κ3) is 1.42. The highest BCUT2D eigenvalue weighted by Crippen LogP contribution is 2.30. The predicted molar refractivity (Wildman–Crippen MR) is 56.0 cm³/mol. The first kappa shape index (κ1) is 8.24. The van der Waals surface area contributed by atoms with Crippen LogP contribution < -0.4 is 0 Å². The number of rotatable bonds is 1. The summed E-state index contributed by atoms with van der Waals surface area (Å²) in [4.78, 5) is 4.60. The molecule has 1 aromatic carbocycles. The average molecular weight is 171 g/mol. The van der Waals surface area contributed by atoms with Crippen molar-refractivity contribution in [3.05, 3.63) is 48.0 Å². The van der Waals surface area contributed by atoms with Gasteiger partial charge in [0.15, 0.2) is 0 Å². The molecule has 1 nitrogen and oxygen atoms in total. The standard InChI is InChI=1S/C12H13N/c1-10-8-9-12(2,13-10)11-6-4-3-5-7-11/h3-9H,1-2H3. The normalized spacial score (nSPS) is 26.2. The van der Waals surface area contributed by atoms with Gasteiger partial charge in [0, 0.05) is 5.71 Å². The van der Waals surface area contributed by atoms with E-state index in [9.17, 15) is 0 Å². The molecule has 0 aliphatic carbocycles. The number of aliphatic imine (C=N–C) groups is 1. The summed E-state index contributed by atoms with van der Waals surface area (Å²) in [6.45, 7) is 4.17. The fourth-order valence-corrected chi connectivity index (χ4v) is 1.66. The zero-order valence-electron chi connectivity index (χ0n) is 7.99. The Morgan fingerprint density at radius 2 is 1.85 bits per heavy atom. The Labute approximate surface area is 78.8 Å². The van der Waals surface area contributed by atoms with Gasteiger partial charge in [-0.3, -0.25) is 4.99 Å². The zero-order valence-corrected chi connectivity index (χ0v) is 7.99. The van der Waals surface area contributed by atoms with Crippen LogP contribution in [0.3, 0.4) is 0 Å². The highest BCUT2D eigenvalue weighted by Gasteiger charge is 2.24. The summed E-state index contributed by atoms with van der Waals surface area (Å²) in [7, 11) is 0. The van der Waals surface area contributed by atoms with E-state index in [1.165, 1.54) is 5.56 Å². The molecule has 0 fully saturated rings. The van der Waals surface area contributed by atoms with Gasteiger partial charge < -0.3 is 0 Å². The molecule has 0 saturated carbocycles. The van der Waals surface area contributed by atoms with E-state index < -0.39 is 0 Å². The van der Waals surface area contributed by atoms with E-state index in [2.05, 4.69) is 48.3 Å². The smallest absolute Gasteiger partial charge is 0.102 e. The third-order valence-corrected chi connectivity index (χ3v) is 2.42. The lowest BCUT2D eigenvalue weighted by Crippen LogP contribution is -2.13. The number of allylic oxidation sites excluding steroid dienone is 1. The number of hydrogen-bond acceptors (Lipinski definition) is 1. The maximum Gasteiger partial charge on any atom is 0.102 e. The van der Waals surface area contributed by atoms with Crippen molar-refractivity contribution in [2.45, 2.75) is 19.4 Å². The summed E-state index contributed by atoms with van der Waals surface area (Å²) in [6.07, 6.45) is 4.23. The molecule has 1 aliphatic rings. The van der Waals surface area contributed by atoms with E-state index in [-0.39, 0.29) is 5.54 Å². The van der Waals surface area contributed by atoms with Gasteiger partial charge in [-0.05, 0) is 25.5 Å². The number of benzene rings is 1. The van der Waals surface area contributed by atoms with Crippen LogP contribution in [0.25, 0.3) is 0 Å². The first-order valence-corrected chi connectivity index (χ1v) is 4.52. The molecular weight excluding hydrogens is 158 g/mol. The van der Waals surface area contributed by atoms with Crippen LogP contribution in [0.4, 0.5) is 0 Å². The Hall–Kier alpha value is -1.37. The van der Waals surface area contributed by atoms with Crippen LogP contribution in [0.1, 0.15) is 19.4 Å². The van der Waals surface area contributed by atoms with Crippen LogP contribution in [0.2, 0.25) is 0 Å².